The van der Waals surface area contributed by atoms with Gasteiger partial charge in [-0.2, -0.15) is 0 Å². The van der Waals surface area contributed by atoms with E-state index in [2.05, 4.69) is 299 Å². The lowest BCUT2D eigenvalue weighted by molar-refractivity contribution is 1.18. The molecule has 13 aromatic carbocycles. The molecule has 0 saturated heterocycles. The van der Waals surface area contributed by atoms with Crippen molar-refractivity contribution < 1.29 is 0 Å². The molecule has 0 aliphatic heterocycles. The van der Waals surface area contributed by atoms with Crippen LogP contribution in [0.3, 0.4) is 0 Å². The van der Waals surface area contributed by atoms with Crippen molar-refractivity contribution in [2.24, 2.45) is 0 Å². The Balaban J connectivity index is 0.911. The van der Waals surface area contributed by atoms with Crippen LogP contribution in [0.1, 0.15) is 0 Å². The van der Waals surface area contributed by atoms with Gasteiger partial charge in [0.1, 0.15) is 0 Å². The van der Waals surface area contributed by atoms with E-state index >= 15 is 0 Å². The van der Waals surface area contributed by atoms with E-state index in [1.165, 1.54) is 87.1 Å². The summed E-state index contributed by atoms with van der Waals surface area (Å²) in [4.78, 5) is 4.74. The lowest BCUT2D eigenvalue weighted by atomic mass is 9.92. The number of benzene rings is 13. The van der Waals surface area contributed by atoms with Crippen LogP contribution in [0.15, 0.2) is 285 Å². The van der Waals surface area contributed by atoms with Gasteiger partial charge in [-0.15, -0.1) is 0 Å². The van der Waals surface area contributed by atoms with Crippen LogP contribution in [-0.2, 0) is 0 Å². The Hall–Kier alpha value is -9.70. The molecule has 0 atom stereocenters. The van der Waals surface area contributed by atoms with Crippen LogP contribution in [0.25, 0.3) is 92.8 Å². The van der Waals surface area contributed by atoms with Gasteiger partial charge >= 0.3 is 0 Å². The smallest absolute Gasteiger partial charge is 0.0541 e. The summed E-state index contributed by atoms with van der Waals surface area (Å²) in [6, 6.07) is 104. The van der Waals surface area contributed by atoms with Crippen LogP contribution in [-0.4, -0.2) is 4.57 Å². The van der Waals surface area contributed by atoms with Crippen LogP contribution in [0, 0.1) is 0 Å². The normalized spacial score (nSPS) is 11.6. The van der Waals surface area contributed by atoms with Crippen LogP contribution >= 0.6 is 0 Å². The van der Waals surface area contributed by atoms with Gasteiger partial charge in [0.25, 0.3) is 0 Å². The van der Waals surface area contributed by atoms with Crippen molar-refractivity contribution >= 4 is 99.0 Å². The standard InChI is InChI=1S/C70H47N3/c1-4-18-51(19-5-1)71(52-20-6-2-7-21-52)54-38-40-56(41-39-54)72(55-36-32-48(33-37-55)49-34-42-63-61-27-11-10-25-59(61)60-26-12-13-28-62(60)66(63)46-49)69-45-43-57(58-24-14-15-29-64(58)69)50-35-44-70-67(47-50)65-30-16-17-31-68(65)73(70)53-22-8-3-9-23-53/h1-47H. The first-order valence-electron chi connectivity index (χ1n) is 25.1. The van der Waals surface area contributed by atoms with Crippen molar-refractivity contribution in [2.45, 2.75) is 0 Å². The minimum absolute atomic E-state index is 1.06. The highest BCUT2D eigenvalue weighted by molar-refractivity contribution is 6.26. The van der Waals surface area contributed by atoms with Gasteiger partial charge in [0.05, 0.1) is 16.7 Å². The molecule has 1 heterocycles. The predicted octanol–water partition coefficient (Wildman–Crippen LogP) is 19.7. The van der Waals surface area contributed by atoms with Crippen molar-refractivity contribution in [3.63, 3.8) is 0 Å². The molecular formula is C70H47N3. The third kappa shape index (κ3) is 7.21. The Bertz CT molecular complexity index is 4280. The molecule has 0 aliphatic carbocycles. The molecule has 14 aromatic rings. The second kappa shape index (κ2) is 17.6. The number of hydrogen-bond acceptors (Lipinski definition) is 2. The Kier molecular flexibility index (Phi) is 10.2. The molecular weight excluding hydrogens is 883 g/mol. The minimum atomic E-state index is 1.06. The summed E-state index contributed by atoms with van der Waals surface area (Å²) >= 11 is 0. The maximum absolute atomic E-state index is 2.42. The van der Waals surface area contributed by atoms with E-state index in [0.717, 1.165) is 39.8 Å². The van der Waals surface area contributed by atoms with E-state index in [1.807, 2.05) is 0 Å². The number of rotatable bonds is 9. The van der Waals surface area contributed by atoms with Crippen LogP contribution in [0.5, 0.6) is 0 Å². The maximum atomic E-state index is 2.42. The molecule has 0 N–H and O–H groups in total. The lowest BCUT2D eigenvalue weighted by Gasteiger charge is -2.29. The van der Waals surface area contributed by atoms with Crippen molar-refractivity contribution in [2.75, 3.05) is 9.80 Å². The molecule has 1 aromatic heterocycles. The van der Waals surface area contributed by atoms with E-state index in [-0.39, 0.29) is 0 Å². The van der Waals surface area contributed by atoms with Crippen molar-refractivity contribution in [3.8, 4) is 27.9 Å². The zero-order valence-electron chi connectivity index (χ0n) is 40.0. The zero-order chi connectivity index (χ0) is 48.2. The summed E-state index contributed by atoms with van der Waals surface area (Å²) in [5.41, 5.74) is 14.8. The zero-order valence-corrected chi connectivity index (χ0v) is 40.0. The average Bonchev–Trinajstić information content (AvgIpc) is 3.80. The second-order valence-electron chi connectivity index (χ2n) is 18.9. The summed E-state index contributed by atoms with van der Waals surface area (Å²) in [5.74, 6) is 0. The number of nitrogens with zero attached hydrogens (tertiary/aromatic N) is 3. The van der Waals surface area contributed by atoms with Crippen molar-refractivity contribution in [1.29, 1.82) is 0 Å². The van der Waals surface area contributed by atoms with E-state index < -0.39 is 0 Å². The number of anilines is 6. The fourth-order valence-corrected chi connectivity index (χ4v) is 11.4. The van der Waals surface area contributed by atoms with Gasteiger partial charge in [0, 0.05) is 50.3 Å². The molecule has 0 fully saturated rings. The molecule has 0 aliphatic rings. The fraction of sp³-hybridized carbons (Fsp3) is 0. The topological polar surface area (TPSA) is 11.4 Å². The maximum Gasteiger partial charge on any atom is 0.0541 e. The summed E-state index contributed by atoms with van der Waals surface area (Å²) in [7, 11) is 0. The molecule has 0 unspecified atom stereocenters. The summed E-state index contributed by atoms with van der Waals surface area (Å²) in [6.45, 7) is 0. The SMILES string of the molecule is c1ccc(N(c2ccccc2)c2ccc(N(c3ccc(-c4ccc5c6ccccc6c6ccccc6c5c4)cc3)c3ccc(-c4ccc5c(c4)c4ccccc4n5-c4ccccc4)c4ccccc34)cc2)cc1. The first-order chi connectivity index (χ1) is 36.2. The minimum Gasteiger partial charge on any atom is -0.311 e. The average molecular weight is 930 g/mol. The molecule has 0 saturated carbocycles. The van der Waals surface area contributed by atoms with Crippen LogP contribution in [0.2, 0.25) is 0 Å². The van der Waals surface area contributed by atoms with Gasteiger partial charge in [-0.3, -0.25) is 0 Å². The van der Waals surface area contributed by atoms with Crippen LogP contribution < -0.4 is 9.80 Å². The first-order valence-corrected chi connectivity index (χ1v) is 25.1. The van der Waals surface area contributed by atoms with Gasteiger partial charge in [0.2, 0.25) is 0 Å². The highest BCUT2D eigenvalue weighted by Crippen LogP contribution is 2.45. The van der Waals surface area contributed by atoms with E-state index in [0.29, 0.717) is 0 Å². The molecule has 14 rings (SSSR count). The third-order valence-electron chi connectivity index (χ3n) is 14.7. The number of para-hydroxylation sites is 4. The molecule has 342 valence electrons. The monoisotopic (exact) mass is 929 g/mol. The molecule has 3 nitrogen and oxygen atoms in total. The van der Waals surface area contributed by atoms with Gasteiger partial charge in [-0.25, -0.2) is 0 Å². The fourth-order valence-electron chi connectivity index (χ4n) is 11.4. The summed E-state index contributed by atoms with van der Waals surface area (Å²) in [5, 5.41) is 12.5. The molecule has 0 spiro atoms. The van der Waals surface area contributed by atoms with Gasteiger partial charge in [0.15, 0.2) is 0 Å². The number of aromatic nitrogens is 1. The second-order valence-corrected chi connectivity index (χ2v) is 18.9. The Morgan fingerprint density at radius 2 is 0.630 bits per heavy atom. The molecule has 73 heavy (non-hydrogen) atoms. The molecule has 0 amide bonds. The molecule has 0 radical (unpaired) electrons. The Morgan fingerprint density at radius 1 is 0.219 bits per heavy atom. The lowest BCUT2D eigenvalue weighted by Crippen LogP contribution is -2.12. The highest BCUT2D eigenvalue weighted by atomic mass is 15.2. The quantitative estimate of drug-likeness (QED) is 0.134. The highest BCUT2D eigenvalue weighted by Gasteiger charge is 2.21. The van der Waals surface area contributed by atoms with E-state index in [1.54, 1.807) is 0 Å². The van der Waals surface area contributed by atoms with Crippen molar-refractivity contribution in [1.82, 2.24) is 4.57 Å². The Morgan fingerprint density at radius 3 is 1.25 bits per heavy atom. The first kappa shape index (κ1) is 42.2. The largest absolute Gasteiger partial charge is 0.311 e. The molecule has 0 bridgehead atoms. The predicted molar refractivity (Wildman–Crippen MR) is 311 cm³/mol. The van der Waals surface area contributed by atoms with E-state index in [4.69, 9.17) is 0 Å². The van der Waals surface area contributed by atoms with Gasteiger partial charge in [-0.05, 0) is 163 Å². The Labute approximate surface area is 424 Å². The number of hydrogen-bond donors (Lipinski definition) is 0. The van der Waals surface area contributed by atoms with Gasteiger partial charge < -0.3 is 14.4 Å². The molecule has 3 heteroatoms. The number of fused-ring (bicyclic) bond motifs is 10. The summed E-state index contributed by atoms with van der Waals surface area (Å²) < 4.78 is 2.38. The van der Waals surface area contributed by atoms with Gasteiger partial charge in [-0.1, -0.05) is 182 Å². The third-order valence-corrected chi connectivity index (χ3v) is 14.7. The van der Waals surface area contributed by atoms with E-state index in [9.17, 15) is 0 Å². The summed E-state index contributed by atoms with van der Waals surface area (Å²) in [6.07, 6.45) is 0. The van der Waals surface area contributed by atoms with Crippen LogP contribution in [0.4, 0.5) is 34.1 Å². The van der Waals surface area contributed by atoms with Crippen molar-refractivity contribution in [3.05, 3.63) is 285 Å².